The fourth-order valence-corrected chi connectivity index (χ4v) is 2.93. The number of aromatic nitrogens is 2. The van der Waals surface area contributed by atoms with E-state index in [0.29, 0.717) is 26.2 Å². The van der Waals surface area contributed by atoms with E-state index in [1.54, 1.807) is 7.11 Å². The van der Waals surface area contributed by atoms with Gasteiger partial charge in [-0.2, -0.15) is 5.10 Å². The maximum Gasteiger partial charge on any atom is 0.238 e. The number of H-pyrrole nitrogens is 1. The van der Waals surface area contributed by atoms with Crippen LogP contribution in [-0.4, -0.2) is 66.1 Å². The Morgan fingerprint density at radius 2 is 2.27 bits per heavy atom. The molecule has 7 heteroatoms. The molecule has 2 N–H and O–H groups in total. The number of nitrogens with one attached hydrogen (secondary N) is 2. The van der Waals surface area contributed by atoms with Crippen molar-refractivity contribution in [1.82, 2.24) is 15.1 Å². The van der Waals surface area contributed by atoms with Gasteiger partial charge in [0.2, 0.25) is 5.91 Å². The van der Waals surface area contributed by atoms with Crippen molar-refractivity contribution >= 4 is 11.6 Å². The summed E-state index contributed by atoms with van der Waals surface area (Å²) in [4.78, 5) is 14.4. The Morgan fingerprint density at radius 3 is 2.86 bits per heavy atom. The van der Waals surface area contributed by atoms with Gasteiger partial charge in [-0.15, -0.1) is 0 Å². The molecule has 0 spiro atoms. The zero-order chi connectivity index (χ0) is 16.3. The van der Waals surface area contributed by atoms with Crippen molar-refractivity contribution in [1.29, 1.82) is 0 Å². The zero-order valence-electron chi connectivity index (χ0n) is 14.0. The van der Waals surface area contributed by atoms with Crippen LogP contribution < -0.4 is 5.32 Å². The van der Waals surface area contributed by atoms with Crippen LogP contribution in [0.5, 0.6) is 0 Å². The molecular weight excluding hydrogens is 284 g/mol. The van der Waals surface area contributed by atoms with Crippen molar-refractivity contribution in [3.63, 3.8) is 0 Å². The number of carbonyl (C=O) groups excluding carboxylic acids is 1. The van der Waals surface area contributed by atoms with Gasteiger partial charge in [0, 0.05) is 20.2 Å². The number of hydrogen-bond donors (Lipinski definition) is 2. The molecule has 0 unspecified atom stereocenters. The number of rotatable bonds is 5. The summed E-state index contributed by atoms with van der Waals surface area (Å²) >= 11 is 0. The predicted octanol–water partition coefficient (Wildman–Crippen LogP) is 1.09. The van der Waals surface area contributed by atoms with Crippen LogP contribution in [0.2, 0.25) is 0 Å². The van der Waals surface area contributed by atoms with Crippen LogP contribution in [-0.2, 0) is 14.3 Å². The Labute approximate surface area is 131 Å². The minimum Gasteiger partial charge on any atom is -0.382 e. The Hall–Kier alpha value is -1.44. The minimum atomic E-state index is -0.288. The van der Waals surface area contributed by atoms with Gasteiger partial charge in [0.05, 0.1) is 41.9 Å². The maximum absolute atomic E-state index is 12.3. The predicted molar refractivity (Wildman–Crippen MR) is 84.0 cm³/mol. The lowest BCUT2D eigenvalue weighted by atomic mass is 10.1. The minimum absolute atomic E-state index is 0.0149. The zero-order valence-corrected chi connectivity index (χ0v) is 14.0. The molecule has 0 bridgehead atoms. The average molecular weight is 310 g/mol. The first kappa shape index (κ1) is 16.9. The summed E-state index contributed by atoms with van der Waals surface area (Å²) in [5, 5.41) is 9.89. The highest BCUT2D eigenvalue weighted by Gasteiger charge is 2.34. The second-order valence-electron chi connectivity index (χ2n) is 6.48. The molecule has 1 aliphatic heterocycles. The summed E-state index contributed by atoms with van der Waals surface area (Å²) in [7, 11) is 1.66. The van der Waals surface area contributed by atoms with E-state index >= 15 is 0 Å². The Balaban J connectivity index is 1.95. The maximum atomic E-state index is 12.3. The molecule has 0 aromatic carbocycles. The van der Waals surface area contributed by atoms with Crippen LogP contribution in [0.1, 0.15) is 25.2 Å². The van der Waals surface area contributed by atoms with Gasteiger partial charge in [0.15, 0.2) is 0 Å². The SMILES string of the molecule is COC[C@@H]1CN(CC(=O)Nc2c(C)n[nH]c2C)CC(C)(C)O1. The molecule has 124 valence electrons. The summed E-state index contributed by atoms with van der Waals surface area (Å²) in [6.07, 6.45) is -0.0149. The summed E-state index contributed by atoms with van der Waals surface area (Å²) in [6, 6.07) is 0. The van der Waals surface area contributed by atoms with Gasteiger partial charge in [0.25, 0.3) is 0 Å². The molecule has 0 radical (unpaired) electrons. The summed E-state index contributed by atoms with van der Waals surface area (Å²) in [5.41, 5.74) is 2.14. The number of nitrogens with zero attached hydrogens (tertiary/aromatic N) is 2. The Kier molecular flexibility index (Phi) is 5.20. The molecule has 1 aromatic heterocycles. The van der Waals surface area contributed by atoms with Crippen molar-refractivity contribution in [3.8, 4) is 0 Å². The highest BCUT2D eigenvalue weighted by atomic mass is 16.5. The van der Waals surface area contributed by atoms with E-state index in [4.69, 9.17) is 9.47 Å². The highest BCUT2D eigenvalue weighted by Crippen LogP contribution is 2.21. The fourth-order valence-electron chi connectivity index (χ4n) is 2.93. The number of carbonyl (C=O) groups is 1. The van der Waals surface area contributed by atoms with Crippen LogP contribution in [0.4, 0.5) is 5.69 Å². The molecule has 1 saturated heterocycles. The summed E-state index contributed by atoms with van der Waals surface area (Å²) in [6.45, 7) is 10.1. The van der Waals surface area contributed by atoms with E-state index < -0.39 is 0 Å². The van der Waals surface area contributed by atoms with Gasteiger partial charge in [-0.05, 0) is 27.7 Å². The number of methoxy groups -OCH3 is 1. The molecule has 7 nitrogen and oxygen atoms in total. The van der Waals surface area contributed by atoms with Crippen molar-refractivity contribution in [2.24, 2.45) is 0 Å². The van der Waals surface area contributed by atoms with E-state index in [1.807, 2.05) is 27.7 Å². The first-order chi connectivity index (χ1) is 10.3. The normalized spacial score (nSPS) is 21.8. The standard InChI is InChI=1S/C15H26N4O3/c1-10-14(11(2)18-17-10)16-13(20)7-19-6-12(8-21-5)22-15(3,4)9-19/h12H,6-9H2,1-5H3,(H,16,20)(H,17,18)/t12-/m0/s1. The molecule has 2 heterocycles. The number of aryl methyl sites for hydroxylation is 2. The molecule has 22 heavy (non-hydrogen) atoms. The topological polar surface area (TPSA) is 79.5 Å². The van der Waals surface area contributed by atoms with Crippen LogP contribution in [0, 0.1) is 13.8 Å². The second kappa shape index (κ2) is 6.76. The van der Waals surface area contributed by atoms with Gasteiger partial charge in [0.1, 0.15) is 0 Å². The van der Waals surface area contributed by atoms with E-state index in [9.17, 15) is 4.79 Å². The molecular formula is C15H26N4O3. The first-order valence-corrected chi connectivity index (χ1v) is 7.51. The van der Waals surface area contributed by atoms with Crippen LogP contribution in [0.25, 0.3) is 0 Å². The summed E-state index contributed by atoms with van der Waals surface area (Å²) < 4.78 is 11.1. The largest absolute Gasteiger partial charge is 0.382 e. The van der Waals surface area contributed by atoms with Crippen molar-refractivity contribution in [3.05, 3.63) is 11.4 Å². The number of ether oxygens (including phenoxy) is 2. The molecule has 1 aliphatic rings. The Bertz CT molecular complexity index is 507. The van der Waals surface area contributed by atoms with Crippen molar-refractivity contribution in [2.45, 2.75) is 39.4 Å². The van der Waals surface area contributed by atoms with Crippen LogP contribution >= 0.6 is 0 Å². The van der Waals surface area contributed by atoms with Gasteiger partial charge in [-0.1, -0.05) is 0 Å². The highest BCUT2D eigenvalue weighted by molar-refractivity contribution is 5.93. The molecule has 2 rings (SSSR count). The lowest BCUT2D eigenvalue weighted by Gasteiger charge is -2.42. The van der Waals surface area contributed by atoms with Gasteiger partial charge in [-0.25, -0.2) is 0 Å². The molecule has 0 saturated carbocycles. The Morgan fingerprint density at radius 1 is 1.55 bits per heavy atom. The van der Waals surface area contributed by atoms with Crippen LogP contribution in [0.15, 0.2) is 0 Å². The van der Waals surface area contributed by atoms with E-state index in [2.05, 4.69) is 20.4 Å². The number of amides is 1. The molecule has 1 atom stereocenters. The van der Waals surface area contributed by atoms with Gasteiger partial charge >= 0.3 is 0 Å². The number of aromatic amines is 1. The third-order valence-corrected chi connectivity index (χ3v) is 3.66. The second-order valence-corrected chi connectivity index (χ2v) is 6.48. The van der Waals surface area contributed by atoms with Gasteiger partial charge < -0.3 is 14.8 Å². The molecule has 1 fully saturated rings. The van der Waals surface area contributed by atoms with Crippen LogP contribution in [0.3, 0.4) is 0 Å². The average Bonchev–Trinajstić information content (AvgIpc) is 2.69. The molecule has 0 aliphatic carbocycles. The van der Waals surface area contributed by atoms with Crippen molar-refractivity contribution in [2.75, 3.05) is 38.7 Å². The number of anilines is 1. The van der Waals surface area contributed by atoms with Gasteiger partial charge in [-0.3, -0.25) is 14.8 Å². The van der Waals surface area contributed by atoms with Crippen molar-refractivity contribution < 1.29 is 14.3 Å². The first-order valence-electron chi connectivity index (χ1n) is 7.51. The number of morpholine rings is 1. The monoisotopic (exact) mass is 310 g/mol. The molecule has 1 amide bonds. The van der Waals surface area contributed by atoms with E-state index in [-0.39, 0.29) is 17.6 Å². The smallest absolute Gasteiger partial charge is 0.238 e. The summed E-state index contributed by atoms with van der Waals surface area (Å²) in [5.74, 6) is -0.0403. The lowest BCUT2D eigenvalue weighted by Crippen LogP contribution is -2.55. The fraction of sp³-hybridized carbons (Fsp3) is 0.733. The van der Waals surface area contributed by atoms with E-state index in [1.165, 1.54) is 0 Å². The van der Waals surface area contributed by atoms with E-state index in [0.717, 1.165) is 17.1 Å². The quantitative estimate of drug-likeness (QED) is 0.851. The molecule has 1 aromatic rings. The third-order valence-electron chi connectivity index (χ3n) is 3.66. The third kappa shape index (κ3) is 4.28. The number of hydrogen-bond acceptors (Lipinski definition) is 5. The lowest BCUT2D eigenvalue weighted by molar-refractivity contribution is -0.154.